The lowest BCUT2D eigenvalue weighted by Gasteiger charge is -2.14. The average molecular weight is 397 g/mol. The molecule has 2 aromatic rings. The van der Waals surface area contributed by atoms with Gasteiger partial charge in [-0.15, -0.1) is 0 Å². The summed E-state index contributed by atoms with van der Waals surface area (Å²) in [4.78, 5) is 0. The first-order valence-corrected chi connectivity index (χ1v) is 7.45. The molecule has 20 heavy (non-hydrogen) atoms. The maximum Gasteiger partial charge on any atom is 0.141 e. The highest BCUT2D eigenvalue weighted by molar-refractivity contribution is 9.11. The van der Waals surface area contributed by atoms with Gasteiger partial charge in [-0.1, -0.05) is 22.0 Å². The Hall–Kier alpha value is -1.35. The molecule has 2 aromatic carbocycles. The van der Waals surface area contributed by atoms with Gasteiger partial charge in [0.1, 0.15) is 11.5 Å². The van der Waals surface area contributed by atoms with E-state index in [-0.39, 0.29) is 0 Å². The Bertz CT molecular complexity index is 678. The highest BCUT2D eigenvalue weighted by Gasteiger charge is 2.12. The maximum atomic E-state index is 9.78. The van der Waals surface area contributed by atoms with Gasteiger partial charge < -0.3 is 9.84 Å². The molecule has 0 heterocycles. The molecule has 0 fully saturated rings. The second-order valence-electron chi connectivity index (χ2n) is 4.22. The van der Waals surface area contributed by atoms with Crippen LogP contribution >= 0.6 is 31.9 Å². The van der Waals surface area contributed by atoms with E-state index < -0.39 is 6.10 Å². The van der Waals surface area contributed by atoms with Crippen LogP contribution in [0.2, 0.25) is 0 Å². The van der Waals surface area contributed by atoms with Gasteiger partial charge in [-0.3, -0.25) is 0 Å². The van der Waals surface area contributed by atoms with E-state index in [1.807, 2.05) is 12.1 Å². The van der Waals surface area contributed by atoms with Crippen molar-refractivity contribution in [1.82, 2.24) is 0 Å². The zero-order valence-corrected chi connectivity index (χ0v) is 13.8. The molecule has 2 rings (SSSR count). The van der Waals surface area contributed by atoms with E-state index in [2.05, 4.69) is 37.9 Å². The molecule has 1 N–H and O–H groups in total. The predicted molar refractivity (Wildman–Crippen MR) is 83.7 cm³/mol. The zero-order chi connectivity index (χ0) is 14.7. The van der Waals surface area contributed by atoms with Gasteiger partial charge in [-0.05, 0) is 53.2 Å². The van der Waals surface area contributed by atoms with Crippen LogP contribution < -0.4 is 4.74 Å². The van der Waals surface area contributed by atoms with Crippen LogP contribution in [0.4, 0.5) is 0 Å². The fourth-order valence-electron chi connectivity index (χ4n) is 1.71. The third-order valence-electron chi connectivity index (χ3n) is 2.71. The van der Waals surface area contributed by atoms with E-state index in [1.165, 1.54) is 0 Å². The van der Waals surface area contributed by atoms with Crippen LogP contribution in [-0.4, -0.2) is 5.11 Å². The molecule has 102 valence electrons. The van der Waals surface area contributed by atoms with Crippen molar-refractivity contribution in [3.05, 3.63) is 56.5 Å². The smallest absolute Gasteiger partial charge is 0.141 e. The van der Waals surface area contributed by atoms with Crippen molar-refractivity contribution in [1.29, 1.82) is 5.26 Å². The first-order valence-electron chi connectivity index (χ1n) is 5.86. The van der Waals surface area contributed by atoms with E-state index in [9.17, 15) is 5.11 Å². The Balaban J connectivity index is 2.43. The fraction of sp³-hybridized carbons (Fsp3) is 0.133. The molecule has 0 bridgehead atoms. The molecule has 0 saturated heterocycles. The van der Waals surface area contributed by atoms with Crippen LogP contribution in [0.5, 0.6) is 11.5 Å². The van der Waals surface area contributed by atoms with Crippen molar-refractivity contribution in [3.8, 4) is 17.6 Å². The number of benzene rings is 2. The second-order valence-corrected chi connectivity index (χ2v) is 5.99. The maximum absolute atomic E-state index is 9.78. The lowest BCUT2D eigenvalue weighted by Crippen LogP contribution is -1.97. The number of halogens is 2. The van der Waals surface area contributed by atoms with Gasteiger partial charge in [0.2, 0.25) is 0 Å². The molecular weight excluding hydrogens is 386 g/mol. The topological polar surface area (TPSA) is 53.2 Å². The van der Waals surface area contributed by atoms with Crippen LogP contribution in [0.3, 0.4) is 0 Å². The van der Waals surface area contributed by atoms with Crippen molar-refractivity contribution in [2.45, 2.75) is 13.0 Å². The zero-order valence-electron chi connectivity index (χ0n) is 10.6. The third kappa shape index (κ3) is 3.40. The van der Waals surface area contributed by atoms with Gasteiger partial charge >= 0.3 is 0 Å². The molecule has 3 nitrogen and oxygen atoms in total. The Morgan fingerprint density at radius 1 is 1.15 bits per heavy atom. The second kappa shape index (κ2) is 6.40. The van der Waals surface area contributed by atoms with Crippen LogP contribution in [-0.2, 0) is 0 Å². The number of nitrogens with zero attached hydrogens (tertiary/aromatic N) is 1. The summed E-state index contributed by atoms with van der Waals surface area (Å²) in [6.45, 7) is 1.66. The Labute approximate surface area is 134 Å². The summed E-state index contributed by atoms with van der Waals surface area (Å²) in [5.74, 6) is 1.09. The molecule has 0 aromatic heterocycles. The standard InChI is InChI=1S/C15H11Br2NO2/c1-9(19)12-4-2-10(8-18)6-15(12)20-14-5-3-11(16)7-13(14)17/h2-7,9,19H,1H3/t9-/m0/s1. The van der Waals surface area contributed by atoms with Crippen molar-refractivity contribution in [3.63, 3.8) is 0 Å². The van der Waals surface area contributed by atoms with E-state index in [0.29, 0.717) is 22.6 Å². The van der Waals surface area contributed by atoms with Crippen molar-refractivity contribution in [2.24, 2.45) is 0 Å². The summed E-state index contributed by atoms with van der Waals surface area (Å²) in [5, 5.41) is 18.7. The van der Waals surface area contributed by atoms with Crippen LogP contribution in [0.25, 0.3) is 0 Å². The monoisotopic (exact) mass is 395 g/mol. The molecule has 0 spiro atoms. The van der Waals surface area contributed by atoms with Gasteiger partial charge in [0.15, 0.2) is 0 Å². The first kappa shape index (κ1) is 15.0. The molecule has 0 unspecified atom stereocenters. The molecule has 1 atom stereocenters. The van der Waals surface area contributed by atoms with Crippen LogP contribution in [0.1, 0.15) is 24.2 Å². The summed E-state index contributed by atoms with van der Waals surface area (Å²) in [6.07, 6.45) is -0.674. The summed E-state index contributed by atoms with van der Waals surface area (Å²) in [6, 6.07) is 12.6. The van der Waals surface area contributed by atoms with Crippen molar-refractivity contribution >= 4 is 31.9 Å². The molecule has 5 heteroatoms. The van der Waals surface area contributed by atoms with Crippen LogP contribution in [0.15, 0.2) is 45.3 Å². The number of rotatable bonds is 3. The summed E-state index contributed by atoms with van der Waals surface area (Å²) in [7, 11) is 0. The SMILES string of the molecule is C[C@H](O)c1ccc(C#N)cc1Oc1ccc(Br)cc1Br. The number of hydrogen-bond acceptors (Lipinski definition) is 3. The largest absolute Gasteiger partial charge is 0.456 e. The third-order valence-corrected chi connectivity index (χ3v) is 3.82. The lowest BCUT2D eigenvalue weighted by atomic mass is 10.1. The van der Waals surface area contributed by atoms with Gasteiger partial charge in [0.25, 0.3) is 0 Å². The molecule has 0 aliphatic heterocycles. The fourth-order valence-corrected chi connectivity index (χ4v) is 2.84. The molecule has 0 saturated carbocycles. The van der Waals surface area contributed by atoms with E-state index >= 15 is 0 Å². The van der Waals surface area contributed by atoms with Gasteiger partial charge in [-0.2, -0.15) is 5.26 Å². The number of aliphatic hydroxyl groups is 1. The molecule has 0 radical (unpaired) electrons. The van der Waals surface area contributed by atoms with Crippen molar-refractivity contribution < 1.29 is 9.84 Å². The minimum atomic E-state index is -0.674. The van der Waals surface area contributed by atoms with E-state index in [1.54, 1.807) is 31.2 Å². The Morgan fingerprint density at radius 2 is 1.90 bits per heavy atom. The predicted octanol–water partition coefficient (Wildman–Crippen LogP) is 4.93. The van der Waals surface area contributed by atoms with Crippen LogP contribution in [0, 0.1) is 11.3 Å². The van der Waals surface area contributed by atoms with Crippen molar-refractivity contribution in [2.75, 3.05) is 0 Å². The molecule has 0 aliphatic rings. The first-order chi connectivity index (χ1) is 9.51. The highest BCUT2D eigenvalue weighted by atomic mass is 79.9. The summed E-state index contributed by atoms with van der Waals surface area (Å²) < 4.78 is 7.53. The summed E-state index contributed by atoms with van der Waals surface area (Å²) in [5.41, 5.74) is 1.12. The Morgan fingerprint density at radius 3 is 2.50 bits per heavy atom. The lowest BCUT2D eigenvalue weighted by molar-refractivity contribution is 0.195. The minimum Gasteiger partial charge on any atom is -0.456 e. The summed E-state index contributed by atoms with van der Waals surface area (Å²) >= 11 is 6.79. The molecular formula is C15H11Br2NO2. The Kier molecular flexibility index (Phi) is 4.81. The van der Waals surface area contributed by atoms with E-state index in [0.717, 1.165) is 8.95 Å². The molecule has 0 amide bonds. The minimum absolute atomic E-state index is 0.474. The number of hydrogen-bond donors (Lipinski definition) is 1. The average Bonchev–Trinajstić information content (AvgIpc) is 2.41. The van der Waals surface area contributed by atoms with E-state index in [4.69, 9.17) is 10.00 Å². The van der Waals surface area contributed by atoms with Gasteiger partial charge in [-0.25, -0.2) is 0 Å². The normalized spacial score (nSPS) is 11.8. The molecule has 0 aliphatic carbocycles. The number of nitriles is 1. The highest BCUT2D eigenvalue weighted by Crippen LogP contribution is 2.35. The van der Waals surface area contributed by atoms with Gasteiger partial charge in [0, 0.05) is 10.0 Å². The number of aliphatic hydroxyl groups excluding tert-OH is 1. The number of ether oxygens (including phenoxy) is 1. The quantitative estimate of drug-likeness (QED) is 0.800. The van der Waals surface area contributed by atoms with Gasteiger partial charge in [0.05, 0.1) is 22.2 Å².